The molecule has 0 aliphatic carbocycles. The highest BCUT2D eigenvalue weighted by Crippen LogP contribution is 2.28. The lowest BCUT2D eigenvalue weighted by Crippen LogP contribution is -2.04. The highest BCUT2D eigenvalue weighted by molar-refractivity contribution is 5.85. The Balaban J connectivity index is 0.00000121. The molecule has 0 radical (unpaired) electrons. The van der Waals surface area contributed by atoms with E-state index in [1.807, 2.05) is 5.10 Å². The number of alkyl halides is 3. The molecule has 7 heteroatoms. The van der Waals surface area contributed by atoms with Crippen molar-refractivity contribution in [2.45, 2.75) is 6.18 Å². The predicted molar refractivity (Wildman–Crippen MR) is 40.4 cm³/mol. The maximum atomic E-state index is 11.8. The van der Waals surface area contributed by atoms with E-state index in [9.17, 15) is 13.2 Å². The van der Waals surface area contributed by atoms with Crippen LogP contribution in [0.3, 0.4) is 0 Å². The summed E-state index contributed by atoms with van der Waals surface area (Å²) in [6, 6.07) is 0.903. The van der Waals surface area contributed by atoms with Gasteiger partial charge in [-0.15, -0.1) is 12.4 Å². The molecule has 2 N–H and O–H groups in total. The fourth-order valence-electron chi connectivity index (χ4n) is 0.595. The van der Waals surface area contributed by atoms with E-state index < -0.39 is 11.9 Å². The lowest BCUT2D eigenvalue weighted by Gasteiger charge is -1.99. The van der Waals surface area contributed by atoms with Crippen molar-refractivity contribution in [3.63, 3.8) is 0 Å². The smallest absolute Gasteiger partial charge is 0.372 e. The van der Waals surface area contributed by atoms with Gasteiger partial charge in [0.05, 0.1) is 0 Å². The second-order valence-electron chi connectivity index (χ2n) is 1.91. The van der Waals surface area contributed by atoms with Crippen molar-refractivity contribution in [2.24, 2.45) is 0 Å². The molecule has 3 nitrogen and oxygen atoms in total. The molecule has 0 unspecified atom stereocenters. The van der Waals surface area contributed by atoms with E-state index in [4.69, 9.17) is 0 Å². The van der Waals surface area contributed by atoms with E-state index in [0.29, 0.717) is 0 Å². The van der Waals surface area contributed by atoms with Crippen molar-refractivity contribution in [3.8, 4) is 0 Å². The van der Waals surface area contributed by atoms with Crippen molar-refractivity contribution < 1.29 is 13.2 Å². The molecule has 0 atom stereocenters. The van der Waals surface area contributed by atoms with Crippen LogP contribution < -0.4 is 5.32 Å². The van der Waals surface area contributed by atoms with E-state index >= 15 is 0 Å². The van der Waals surface area contributed by atoms with Crippen molar-refractivity contribution in [1.29, 1.82) is 0 Å². The average molecular weight is 202 g/mol. The van der Waals surface area contributed by atoms with Gasteiger partial charge >= 0.3 is 6.18 Å². The van der Waals surface area contributed by atoms with Crippen LogP contribution in [0, 0.1) is 0 Å². The first-order valence-electron chi connectivity index (χ1n) is 2.84. The summed E-state index contributed by atoms with van der Waals surface area (Å²) < 4.78 is 35.5. The van der Waals surface area contributed by atoms with Crippen LogP contribution in [0.4, 0.5) is 19.0 Å². The van der Waals surface area contributed by atoms with Crippen LogP contribution in [0.25, 0.3) is 0 Å². The molecule has 0 aliphatic heterocycles. The molecular formula is C5H7ClF3N3. The molecule has 0 spiro atoms. The number of hydrogen-bond donors (Lipinski definition) is 2. The Labute approximate surface area is 72.8 Å². The molecular weight excluding hydrogens is 195 g/mol. The van der Waals surface area contributed by atoms with E-state index in [1.165, 1.54) is 7.05 Å². The molecule has 1 aromatic rings. The maximum absolute atomic E-state index is 11.8. The number of aromatic nitrogens is 2. The van der Waals surface area contributed by atoms with Crippen LogP contribution in [-0.4, -0.2) is 17.2 Å². The molecule has 0 aromatic carbocycles. The number of rotatable bonds is 1. The minimum Gasteiger partial charge on any atom is -0.372 e. The summed E-state index contributed by atoms with van der Waals surface area (Å²) in [5.74, 6) is 0.178. The molecule has 0 fully saturated rings. The number of halogens is 4. The Morgan fingerprint density at radius 2 is 2.08 bits per heavy atom. The summed E-state index contributed by atoms with van der Waals surface area (Å²) in [5.41, 5.74) is -0.846. The second kappa shape index (κ2) is 3.66. The predicted octanol–water partition coefficient (Wildman–Crippen LogP) is 1.89. The first-order valence-corrected chi connectivity index (χ1v) is 2.84. The zero-order valence-electron chi connectivity index (χ0n) is 6.07. The SMILES string of the molecule is CNc1cc(C(F)(F)F)[nH]n1.Cl. The van der Waals surface area contributed by atoms with Crippen LogP contribution in [0.5, 0.6) is 0 Å². The third-order valence-corrected chi connectivity index (χ3v) is 1.14. The summed E-state index contributed by atoms with van der Waals surface area (Å²) in [7, 11) is 1.50. The Bertz CT molecular complexity index is 244. The monoisotopic (exact) mass is 201 g/mol. The zero-order chi connectivity index (χ0) is 8.48. The highest BCUT2D eigenvalue weighted by atomic mass is 35.5. The van der Waals surface area contributed by atoms with Gasteiger partial charge in [-0.2, -0.15) is 18.3 Å². The van der Waals surface area contributed by atoms with Gasteiger partial charge in [0.1, 0.15) is 11.5 Å². The molecule has 1 aromatic heterocycles. The number of nitrogens with zero attached hydrogens (tertiary/aromatic N) is 1. The third kappa shape index (κ3) is 2.30. The summed E-state index contributed by atoms with van der Waals surface area (Å²) in [5, 5.41) is 7.68. The topological polar surface area (TPSA) is 40.7 Å². The van der Waals surface area contributed by atoms with Gasteiger partial charge in [-0.05, 0) is 0 Å². The van der Waals surface area contributed by atoms with Crippen molar-refractivity contribution in [2.75, 3.05) is 12.4 Å². The number of hydrogen-bond acceptors (Lipinski definition) is 2. The number of H-pyrrole nitrogens is 1. The fraction of sp³-hybridized carbons (Fsp3) is 0.400. The van der Waals surface area contributed by atoms with E-state index in [2.05, 4.69) is 10.4 Å². The summed E-state index contributed by atoms with van der Waals surface area (Å²) in [6.45, 7) is 0. The van der Waals surface area contributed by atoms with Gasteiger partial charge in [0.25, 0.3) is 0 Å². The van der Waals surface area contributed by atoms with Crippen LogP contribution >= 0.6 is 12.4 Å². The normalized spacial score (nSPS) is 10.7. The molecule has 0 bridgehead atoms. The van der Waals surface area contributed by atoms with Gasteiger partial charge in [-0.25, -0.2) is 0 Å². The Kier molecular flexibility index (Phi) is 3.38. The Hall–Kier alpha value is -0.910. The lowest BCUT2D eigenvalue weighted by molar-refractivity contribution is -0.141. The molecule has 0 saturated carbocycles. The van der Waals surface area contributed by atoms with Gasteiger partial charge in [-0.3, -0.25) is 5.10 Å². The van der Waals surface area contributed by atoms with Crippen LogP contribution in [-0.2, 0) is 6.18 Å². The lowest BCUT2D eigenvalue weighted by atomic mass is 10.4. The van der Waals surface area contributed by atoms with Crippen molar-refractivity contribution >= 4 is 18.2 Å². The summed E-state index contributed by atoms with van der Waals surface area (Å²) >= 11 is 0. The van der Waals surface area contributed by atoms with Gasteiger partial charge in [-0.1, -0.05) is 0 Å². The number of aromatic amines is 1. The summed E-state index contributed by atoms with van der Waals surface area (Å²) in [6.07, 6.45) is -4.35. The van der Waals surface area contributed by atoms with Crippen LogP contribution in [0.2, 0.25) is 0 Å². The van der Waals surface area contributed by atoms with E-state index in [-0.39, 0.29) is 18.2 Å². The minimum atomic E-state index is -4.35. The average Bonchev–Trinajstić information content (AvgIpc) is 2.32. The zero-order valence-corrected chi connectivity index (χ0v) is 6.88. The molecule has 1 rings (SSSR count). The second-order valence-corrected chi connectivity index (χ2v) is 1.91. The first-order chi connectivity index (χ1) is 5.04. The Morgan fingerprint density at radius 1 is 1.50 bits per heavy atom. The van der Waals surface area contributed by atoms with Crippen LogP contribution in [0.1, 0.15) is 5.69 Å². The van der Waals surface area contributed by atoms with E-state index in [1.54, 1.807) is 0 Å². The van der Waals surface area contributed by atoms with Gasteiger partial charge in [0, 0.05) is 13.1 Å². The summed E-state index contributed by atoms with van der Waals surface area (Å²) in [4.78, 5) is 0. The molecule has 0 aliphatic rings. The van der Waals surface area contributed by atoms with Crippen molar-refractivity contribution in [1.82, 2.24) is 10.2 Å². The molecule has 70 valence electrons. The van der Waals surface area contributed by atoms with E-state index in [0.717, 1.165) is 6.07 Å². The largest absolute Gasteiger partial charge is 0.432 e. The molecule has 1 heterocycles. The van der Waals surface area contributed by atoms with Crippen LogP contribution in [0.15, 0.2) is 6.07 Å². The van der Waals surface area contributed by atoms with Gasteiger partial charge in [0.15, 0.2) is 0 Å². The highest BCUT2D eigenvalue weighted by Gasteiger charge is 2.32. The maximum Gasteiger partial charge on any atom is 0.432 e. The quantitative estimate of drug-likeness (QED) is 0.729. The number of anilines is 1. The standard InChI is InChI=1S/C5H6F3N3.ClH/c1-9-4-2-3(10-11-4)5(6,7)8;/h2H,1H3,(H2,9,10,11);1H. The van der Waals surface area contributed by atoms with Gasteiger partial charge < -0.3 is 5.32 Å². The third-order valence-electron chi connectivity index (χ3n) is 1.14. The Morgan fingerprint density at radius 3 is 2.33 bits per heavy atom. The molecule has 12 heavy (non-hydrogen) atoms. The minimum absolute atomic E-state index is 0. The molecule has 0 amide bonds. The fourth-order valence-corrected chi connectivity index (χ4v) is 0.595. The molecule has 0 saturated heterocycles. The first kappa shape index (κ1) is 11.1. The van der Waals surface area contributed by atoms with Crippen molar-refractivity contribution in [3.05, 3.63) is 11.8 Å². The number of nitrogens with one attached hydrogen (secondary N) is 2. The van der Waals surface area contributed by atoms with Gasteiger partial charge in [0.2, 0.25) is 0 Å².